The van der Waals surface area contributed by atoms with Gasteiger partial charge in [-0.15, -0.1) is 0 Å². The zero-order valence-corrected chi connectivity index (χ0v) is 16.8. The normalized spacial score (nSPS) is 11.4. The Labute approximate surface area is 169 Å². The molecule has 1 atom stereocenters. The van der Waals surface area contributed by atoms with E-state index >= 15 is 0 Å². The van der Waals surface area contributed by atoms with E-state index in [9.17, 15) is 19.7 Å². The third-order valence-electron chi connectivity index (χ3n) is 4.67. The molecular weight excluding hydrogens is 374 g/mol. The number of benzene rings is 2. The molecule has 2 aromatic rings. The van der Waals surface area contributed by atoms with Gasteiger partial charge in [-0.2, -0.15) is 0 Å². The number of carbonyl (C=O) groups is 2. The summed E-state index contributed by atoms with van der Waals surface area (Å²) in [5, 5.41) is 13.9. The number of nitrogens with zero attached hydrogens (tertiary/aromatic N) is 2. The number of hydrogen-bond acceptors (Lipinski definition) is 5. The van der Waals surface area contributed by atoms with Crippen molar-refractivity contribution in [1.82, 2.24) is 10.2 Å². The van der Waals surface area contributed by atoms with Crippen molar-refractivity contribution in [3.05, 3.63) is 69.8 Å². The third-order valence-corrected chi connectivity index (χ3v) is 4.67. The van der Waals surface area contributed by atoms with Crippen molar-refractivity contribution in [3.63, 3.8) is 0 Å². The van der Waals surface area contributed by atoms with Crippen molar-refractivity contribution in [2.45, 2.75) is 32.4 Å². The number of para-hydroxylation sites is 1. The Morgan fingerprint density at radius 1 is 1.17 bits per heavy atom. The molecule has 0 bridgehead atoms. The maximum Gasteiger partial charge on any atom is 0.273 e. The highest BCUT2D eigenvalue weighted by molar-refractivity contribution is 5.88. The molecule has 0 radical (unpaired) electrons. The first-order valence-electron chi connectivity index (χ1n) is 9.27. The van der Waals surface area contributed by atoms with E-state index in [4.69, 9.17) is 4.74 Å². The van der Waals surface area contributed by atoms with Crippen LogP contribution in [0.1, 0.15) is 24.5 Å². The molecule has 8 nitrogen and oxygen atoms in total. The first-order chi connectivity index (χ1) is 13.9. The summed E-state index contributed by atoms with van der Waals surface area (Å²) in [7, 11) is 3.08. The van der Waals surface area contributed by atoms with Crippen LogP contribution in [0.2, 0.25) is 0 Å². The summed E-state index contributed by atoms with van der Waals surface area (Å²) in [6.07, 6.45) is 0.249. The predicted octanol–water partition coefficient (Wildman–Crippen LogP) is 2.70. The Kier molecular flexibility index (Phi) is 7.70. The van der Waals surface area contributed by atoms with Gasteiger partial charge in [-0.1, -0.05) is 37.3 Å². The van der Waals surface area contributed by atoms with Gasteiger partial charge in [0, 0.05) is 25.2 Å². The number of nitro benzene ring substituents is 1. The lowest BCUT2D eigenvalue weighted by Gasteiger charge is -2.30. The van der Waals surface area contributed by atoms with Crippen molar-refractivity contribution in [3.8, 4) is 5.75 Å². The van der Waals surface area contributed by atoms with Gasteiger partial charge < -0.3 is 15.0 Å². The van der Waals surface area contributed by atoms with Gasteiger partial charge in [0.05, 0.1) is 18.5 Å². The van der Waals surface area contributed by atoms with Gasteiger partial charge in [-0.05, 0) is 24.1 Å². The molecule has 154 valence electrons. The molecule has 2 rings (SSSR count). The Morgan fingerprint density at radius 2 is 1.83 bits per heavy atom. The fraction of sp³-hybridized carbons (Fsp3) is 0.333. The fourth-order valence-electron chi connectivity index (χ4n) is 3.12. The van der Waals surface area contributed by atoms with E-state index in [1.807, 2.05) is 19.1 Å². The van der Waals surface area contributed by atoms with Crippen molar-refractivity contribution in [2.24, 2.45) is 0 Å². The lowest BCUT2D eigenvalue weighted by Crippen LogP contribution is -2.48. The van der Waals surface area contributed by atoms with Crippen molar-refractivity contribution in [1.29, 1.82) is 0 Å². The standard InChI is InChI=1S/C21H25N3O5/c1-4-18(21(26)22-2)23(14-15-9-11-17(29-3)12-10-15)20(25)13-16-7-5-6-8-19(16)24(27)28/h5-12,18H,4,13-14H2,1-3H3,(H,22,26). The highest BCUT2D eigenvalue weighted by atomic mass is 16.6. The minimum atomic E-state index is -0.683. The van der Waals surface area contributed by atoms with Crippen molar-refractivity contribution < 1.29 is 19.2 Å². The Morgan fingerprint density at radius 3 is 2.38 bits per heavy atom. The second-order valence-corrected chi connectivity index (χ2v) is 6.47. The maximum atomic E-state index is 13.1. The molecule has 1 N–H and O–H groups in total. The molecule has 0 aliphatic carbocycles. The summed E-state index contributed by atoms with van der Waals surface area (Å²) in [5.41, 5.74) is 1.02. The van der Waals surface area contributed by atoms with Crippen LogP contribution in [0.15, 0.2) is 48.5 Å². The smallest absolute Gasteiger partial charge is 0.273 e. The molecule has 29 heavy (non-hydrogen) atoms. The molecule has 0 aliphatic heterocycles. The van der Waals surface area contributed by atoms with Crippen molar-refractivity contribution in [2.75, 3.05) is 14.2 Å². The Hall–Kier alpha value is -3.42. The quantitative estimate of drug-likeness (QED) is 0.516. The molecule has 2 aromatic carbocycles. The van der Waals surface area contributed by atoms with Crippen LogP contribution in [0.3, 0.4) is 0 Å². The average Bonchev–Trinajstić information content (AvgIpc) is 2.73. The first kappa shape index (κ1) is 21.9. The minimum Gasteiger partial charge on any atom is -0.497 e. The summed E-state index contributed by atoms with van der Waals surface area (Å²) in [4.78, 5) is 37.7. The van der Waals surface area contributed by atoms with Gasteiger partial charge in [0.25, 0.3) is 5.69 Å². The van der Waals surface area contributed by atoms with E-state index in [1.54, 1.807) is 37.4 Å². The van der Waals surface area contributed by atoms with Crippen molar-refractivity contribution >= 4 is 17.5 Å². The number of nitro groups is 1. The van der Waals surface area contributed by atoms with E-state index in [2.05, 4.69) is 5.32 Å². The Bertz CT molecular complexity index is 867. The molecule has 0 saturated heterocycles. The van der Waals surface area contributed by atoms with Crippen LogP contribution in [0.25, 0.3) is 0 Å². The monoisotopic (exact) mass is 399 g/mol. The molecule has 0 fully saturated rings. The average molecular weight is 399 g/mol. The molecule has 0 aliphatic rings. The van der Waals surface area contributed by atoms with E-state index < -0.39 is 11.0 Å². The van der Waals surface area contributed by atoms with Gasteiger partial charge >= 0.3 is 0 Å². The lowest BCUT2D eigenvalue weighted by atomic mass is 10.1. The van der Waals surface area contributed by atoms with Crippen LogP contribution in [0, 0.1) is 10.1 Å². The van der Waals surface area contributed by atoms with Crippen LogP contribution in [0.5, 0.6) is 5.75 Å². The third kappa shape index (κ3) is 5.54. The SMILES string of the molecule is CCC(C(=O)NC)N(Cc1ccc(OC)cc1)C(=O)Cc1ccccc1[N+](=O)[O-]. The van der Waals surface area contributed by atoms with Crippen LogP contribution >= 0.6 is 0 Å². The van der Waals surface area contributed by atoms with E-state index in [0.717, 1.165) is 5.56 Å². The lowest BCUT2D eigenvalue weighted by molar-refractivity contribution is -0.385. The number of ether oxygens (including phenoxy) is 1. The summed E-state index contributed by atoms with van der Waals surface area (Å²) in [6, 6.07) is 12.6. The molecule has 8 heteroatoms. The number of nitrogens with one attached hydrogen (secondary N) is 1. The second kappa shape index (κ2) is 10.2. The van der Waals surface area contributed by atoms with Gasteiger partial charge in [0.1, 0.15) is 11.8 Å². The van der Waals surface area contributed by atoms with Crippen LogP contribution in [0.4, 0.5) is 5.69 Å². The van der Waals surface area contributed by atoms with Gasteiger partial charge in [0.2, 0.25) is 11.8 Å². The number of hydrogen-bond donors (Lipinski definition) is 1. The van der Waals surface area contributed by atoms with Gasteiger partial charge in [-0.25, -0.2) is 0 Å². The molecule has 0 aromatic heterocycles. The van der Waals surface area contributed by atoms with Crippen LogP contribution in [-0.4, -0.2) is 41.8 Å². The first-order valence-corrected chi connectivity index (χ1v) is 9.27. The fourth-order valence-corrected chi connectivity index (χ4v) is 3.12. The molecule has 0 saturated carbocycles. The molecule has 0 spiro atoms. The number of methoxy groups -OCH3 is 1. The van der Waals surface area contributed by atoms with Crippen LogP contribution < -0.4 is 10.1 Å². The maximum absolute atomic E-state index is 13.1. The summed E-state index contributed by atoms with van der Waals surface area (Å²) >= 11 is 0. The highest BCUT2D eigenvalue weighted by Gasteiger charge is 2.29. The number of rotatable bonds is 9. The largest absolute Gasteiger partial charge is 0.497 e. The topological polar surface area (TPSA) is 102 Å². The van der Waals surface area contributed by atoms with E-state index in [0.29, 0.717) is 17.7 Å². The van der Waals surface area contributed by atoms with Crippen LogP contribution in [-0.2, 0) is 22.6 Å². The number of carbonyl (C=O) groups excluding carboxylic acids is 2. The number of amides is 2. The number of likely N-dealkylation sites (N-methyl/N-ethyl adjacent to an activating group) is 1. The summed E-state index contributed by atoms with van der Waals surface area (Å²) in [5.74, 6) is 0.0485. The molecular formula is C21H25N3O5. The second-order valence-electron chi connectivity index (χ2n) is 6.47. The molecule has 1 unspecified atom stereocenters. The molecule has 2 amide bonds. The predicted molar refractivity (Wildman–Crippen MR) is 108 cm³/mol. The summed E-state index contributed by atoms with van der Waals surface area (Å²) < 4.78 is 5.15. The zero-order valence-electron chi connectivity index (χ0n) is 16.8. The van der Waals surface area contributed by atoms with E-state index in [-0.39, 0.29) is 30.5 Å². The molecule has 0 heterocycles. The van der Waals surface area contributed by atoms with Gasteiger partial charge in [-0.3, -0.25) is 19.7 Å². The van der Waals surface area contributed by atoms with Gasteiger partial charge in [0.15, 0.2) is 0 Å². The highest BCUT2D eigenvalue weighted by Crippen LogP contribution is 2.21. The minimum absolute atomic E-state index is 0.113. The Balaban J connectivity index is 2.33. The zero-order chi connectivity index (χ0) is 21.4. The van der Waals surface area contributed by atoms with E-state index in [1.165, 1.54) is 18.0 Å². The summed E-state index contributed by atoms with van der Waals surface area (Å²) in [6.45, 7) is 2.02.